The maximum absolute atomic E-state index is 12.3. The molecule has 31 heavy (non-hydrogen) atoms. The average molecular weight is 434 g/mol. The maximum atomic E-state index is 12.3. The number of aromatic nitrogens is 4. The van der Waals surface area contributed by atoms with E-state index >= 15 is 0 Å². The van der Waals surface area contributed by atoms with Gasteiger partial charge in [0.15, 0.2) is 5.82 Å². The molecule has 0 bridgehead atoms. The van der Waals surface area contributed by atoms with Gasteiger partial charge in [-0.15, -0.1) is 0 Å². The van der Waals surface area contributed by atoms with Gasteiger partial charge in [0, 0.05) is 22.5 Å². The number of carbonyl (C=O) groups excluding carboxylic acids is 1. The van der Waals surface area contributed by atoms with E-state index in [-0.39, 0.29) is 12.3 Å². The van der Waals surface area contributed by atoms with Crippen molar-refractivity contribution in [2.24, 2.45) is 0 Å². The van der Waals surface area contributed by atoms with Crippen molar-refractivity contribution in [2.75, 3.05) is 5.32 Å². The Bertz CT molecular complexity index is 1220. The number of nitrogens with one attached hydrogen (secondary N) is 1. The lowest BCUT2D eigenvalue weighted by molar-refractivity contribution is -0.115. The molecule has 0 unspecified atom stereocenters. The first-order valence-corrected chi connectivity index (χ1v) is 10.0. The number of carbonyl (C=O) groups is 1. The van der Waals surface area contributed by atoms with Crippen LogP contribution in [0.25, 0.3) is 5.82 Å². The minimum absolute atomic E-state index is 0.146. The quantitative estimate of drug-likeness (QED) is 0.467. The third-order valence-corrected chi connectivity index (χ3v) is 4.89. The van der Waals surface area contributed by atoms with Crippen molar-refractivity contribution in [1.82, 2.24) is 19.7 Å². The number of anilines is 1. The third-order valence-electron chi connectivity index (χ3n) is 4.52. The topological polar surface area (TPSA) is 81.9 Å². The molecule has 0 aliphatic rings. The molecular weight excluding hydrogens is 414 g/mol. The molecule has 4 rings (SSSR count). The summed E-state index contributed by atoms with van der Waals surface area (Å²) in [6.45, 7) is 3.89. The van der Waals surface area contributed by atoms with Gasteiger partial charge in [-0.3, -0.25) is 4.79 Å². The molecule has 8 heteroatoms. The number of rotatable bonds is 6. The molecule has 0 aliphatic heterocycles. The fourth-order valence-electron chi connectivity index (χ4n) is 3.11. The Balaban J connectivity index is 1.41. The van der Waals surface area contributed by atoms with Gasteiger partial charge in [0.25, 0.3) is 0 Å². The summed E-state index contributed by atoms with van der Waals surface area (Å²) in [5, 5.41) is 7.86. The molecule has 1 amide bonds. The first-order chi connectivity index (χ1) is 15.0. The predicted octanol–water partition coefficient (Wildman–Crippen LogP) is 4.91. The standard InChI is InChI=1S/C23H20ClN5O2/c1-15-11-16(2)29(28-15)21-13-23(26-14-25-21)31-19-9-7-18(8-10-19)27-22(30)12-17-5-3-4-6-20(17)24/h3-11,13-14H,12H2,1-2H3,(H,27,30). The van der Waals surface area contributed by atoms with Crippen molar-refractivity contribution in [2.45, 2.75) is 20.3 Å². The summed E-state index contributed by atoms with van der Waals surface area (Å²) in [5.41, 5.74) is 3.32. The number of hydrogen-bond acceptors (Lipinski definition) is 5. The first-order valence-electron chi connectivity index (χ1n) is 9.65. The molecule has 1 N–H and O–H groups in total. The van der Waals surface area contributed by atoms with Crippen LogP contribution in [0.1, 0.15) is 17.0 Å². The van der Waals surface area contributed by atoms with Gasteiger partial charge in [0.1, 0.15) is 12.1 Å². The Labute approximate surface area is 184 Å². The molecule has 2 aromatic heterocycles. The fraction of sp³-hybridized carbons (Fsp3) is 0.130. The Morgan fingerprint density at radius 3 is 2.55 bits per heavy atom. The van der Waals surface area contributed by atoms with E-state index in [1.54, 1.807) is 41.1 Å². The van der Waals surface area contributed by atoms with E-state index in [1.807, 2.05) is 38.1 Å². The van der Waals surface area contributed by atoms with Gasteiger partial charge in [-0.25, -0.2) is 14.6 Å². The van der Waals surface area contributed by atoms with E-state index in [0.29, 0.717) is 28.2 Å². The van der Waals surface area contributed by atoms with Crippen LogP contribution in [0.2, 0.25) is 5.02 Å². The van der Waals surface area contributed by atoms with Gasteiger partial charge in [-0.2, -0.15) is 5.10 Å². The van der Waals surface area contributed by atoms with E-state index in [4.69, 9.17) is 16.3 Å². The SMILES string of the molecule is Cc1cc(C)n(-c2cc(Oc3ccc(NC(=O)Cc4ccccc4Cl)cc3)ncn2)n1. The van der Waals surface area contributed by atoms with Crippen LogP contribution in [0.3, 0.4) is 0 Å². The number of aryl methyl sites for hydroxylation is 2. The molecule has 0 atom stereocenters. The van der Waals surface area contributed by atoms with Crippen molar-refractivity contribution in [3.8, 4) is 17.4 Å². The van der Waals surface area contributed by atoms with Gasteiger partial charge < -0.3 is 10.1 Å². The molecule has 0 spiro atoms. The Hall–Kier alpha value is -3.71. The van der Waals surface area contributed by atoms with E-state index in [1.165, 1.54) is 6.33 Å². The zero-order valence-corrected chi connectivity index (χ0v) is 17.8. The van der Waals surface area contributed by atoms with Gasteiger partial charge in [0.05, 0.1) is 12.1 Å². The third kappa shape index (κ3) is 5.07. The average Bonchev–Trinajstić information content (AvgIpc) is 3.09. The lowest BCUT2D eigenvalue weighted by Gasteiger charge is -2.09. The fourth-order valence-corrected chi connectivity index (χ4v) is 3.31. The zero-order chi connectivity index (χ0) is 21.8. The molecule has 156 valence electrons. The molecule has 0 aliphatic carbocycles. The minimum atomic E-state index is -0.146. The largest absolute Gasteiger partial charge is 0.439 e. The molecule has 0 radical (unpaired) electrons. The smallest absolute Gasteiger partial charge is 0.228 e. The summed E-state index contributed by atoms with van der Waals surface area (Å²) < 4.78 is 7.57. The van der Waals surface area contributed by atoms with Crippen LogP contribution >= 0.6 is 11.6 Å². The normalized spacial score (nSPS) is 10.7. The highest BCUT2D eigenvalue weighted by Crippen LogP contribution is 2.23. The molecule has 7 nitrogen and oxygen atoms in total. The number of ether oxygens (including phenoxy) is 1. The molecule has 2 aromatic carbocycles. The van der Waals surface area contributed by atoms with E-state index in [9.17, 15) is 4.79 Å². The van der Waals surface area contributed by atoms with Crippen LogP contribution in [0.5, 0.6) is 11.6 Å². The van der Waals surface area contributed by atoms with Gasteiger partial charge in [-0.1, -0.05) is 29.8 Å². The number of hydrogen-bond donors (Lipinski definition) is 1. The highest BCUT2D eigenvalue weighted by Gasteiger charge is 2.09. The summed E-state index contributed by atoms with van der Waals surface area (Å²) in [7, 11) is 0. The van der Waals surface area contributed by atoms with Crippen LogP contribution in [0, 0.1) is 13.8 Å². The highest BCUT2D eigenvalue weighted by atomic mass is 35.5. The lowest BCUT2D eigenvalue weighted by atomic mass is 10.1. The van der Waals surface area contributed by atoms with Crippen LogP contribution in [-0.2, 0) is 11.2 Å². The van der Waals surface area contributed by atoms with Crippen LogP contribution in [-0.4, -0.2) is 25.7 Å². The van der Waals surface area contributed by atoms with Crippen molar-refractivity contribution >= 4 is 23.2 Å². The summed E-state index contributed by atoms with van der Waals surface area (Å²) in [6, 6.07) is 18.0. The second kappa shape index (κ2) is 8.97. The summed E-state index contributed by atoms with van der Waals surface area (Å²) >= 11 is 6.12. The summed E-state index contributed by atoms with van der Waals surface area (Å²) in [6.07, 6.45) is 1.64. The Morgan fingerprint density at radius 2 is 1.84 bits per heavy atom. The maximum Gasteiger partial charge on any atom is 0.228 e. The second-order valence-corrected chi connectivity index (χ2v) is 7.40. The summed E-state index contributed by atoms with van der Waals surface area (Å²) in [5.74, 6) is 1.46. The lowest BCUT2D eigenvalue weighted by Crippen LogP contribution is -2.14. The molecule has 0 saturated carbocycles. The summed E-state index contributed by atoms with van der Waals surface area (Å²) in [4.78, 5) is 20.7. The highest BCUT2D eigenvalue weighted by molar-refractivity contribution is 6.31. The molecule has 2 heterocycles. The number of amides is 1. The predicted molar refractivity (Wildman–Crippen MR) is 119 cm³/mol. The van der Waals surface area contributed by atoms with E-state index < -0.39 is 0 Å². The van der Waals surface area contributed by atoms with Crippen molar-refractivity contribution < 1.29 is 9.53 Å². The first kappa shape index (κ1) is 20.6. The van der Waals surface area contributed by atoms with E-state index in [2.05, 4.69) is 20.4 Å². The minimum Gasteiger partial charge on any atom is -0.439 e. The Morgan fingerprint density at radius 1 is 1.06 bits per heavy atom. The van der Waals surface area contributed by atoms with Gasteiger partial charge >= 0.3 is 0 Å². The van der Waals surface area contributed by atoms with Gasteiger partial charge in [-0.05, 0) is 55.8 Å². The van der Waals surface area contributed by atoms with Gasteiger partial charge in [0.2, 0.25) is 11.8 Å². The van der Waals surface area contributed by atoms with Crippen LogP contribution in [0.4, 0.5) is 5.69 Å². The second-order valence-electron chi connectivity index (χ2n) is 7.00. The van der Waals surface area contributed by atoms with E-state index in [0.717, 1.165) is 17.0 Å². The molecule has 4 aromatic rings. The Kier molecular flexibility index (Phi) is 5.95. The van der Waals surface area contributed by atoms with Crippen molar-refractivity contribution in [1.29, 1.82) is 0 Å². The zero-order valence-electron chi connectivity index (χ0n) is 17.0. The number of nitrogens with zero attached hydrogens (tertiary/aromatic N) is 4. The van der Waals surface area contributed by atoms with Crippen molar-refractivity contribution in [3.05, 3.63) is 89.0 Å². The molecule has 0 saturated heterocycles. The van der Waals surface area contributed by atoms with Crippen LogP contribution < -0.4 is 10.1 Å². The van der Waals surface area contributed by atoms with Crippen molar-refractivity contribution in [3.63, 3.8) is 0 Å². The molecular formula is C23H20ClN5O2. The monoisotopic (exact) mass is 433 g/mol. The number of benzene rings is 2. The van der Waals surface area contributed by atoms with Crippen LogP contribution in [0.15, 0.2) is 67.0 Å². The number of halogens is 1. The molecule has 0 fully saturated rings.